The Morgan fingerprint density at radius 3 is 2.86 bits per heavy atom. The molecule has 1 aliphatic carbocycles. The first-order chi connectivity index (χ1) is 9.94. The van der Waals surface area contributed by atoms with Gasteiger partial charge >= 0.3 is 0 Å². The van der Waals surface area contributed by atoms with E-state index in [0.717, 1.165) is 16.6 Å². The number of halogens is 2. The van der Waals surface area contributed by atoms with Gasteiger partial charge in [0.1, 0.15) is 10.4 Å². The van der Waals surface area contributed by atoms with E-state index in [1.54, 1.807) is 18.0 Å². The number of carbonyl (C=O) groups is 1. The van der Waals surface area contributed by atoms with Crippen molar-refractivity contribution in [2.24, 2.45) is 0 Å². The Balaban J connectivity index is 2.10. The normalized spacial score (nSPS) is 27.3. The van der Waals surface area contributed by atoms with Crippen LogP contribution in [0.1, 0.15) is 18.4 Å². The van der Waals surface area contributed by atoms with Crippen molar-refractivity contribution < 1.29 is 14.3 Å². The molecule has 0 unspecified atom stereocenters. The second kappa shape index (κ2) is 4.01. The highest BCUT2D eigenvalue weighted by atomic mass is 79.9. The highest BCUT2D eigenvalue weighted by molar-refractivity contribution is 9.10. The molecule has 0 saturated heterocycles. The van der Waals surface area contributed by atoms with Gasteiger partial charge in [-0.05, 0) is 40.9 Å². The summed E-state index contributed by atoms with van der Waals surface area (Å²) in [6, 6.07) is 4.41. The van der Waals surface area contributed by atoms with Crippen LogP contribution >= 0.6 is 15.9 Å². The Bertz CT molecular complexity index is 802. The summed E-state index contributed by atoms with van der Waals surface area (Å²) in [4.78, 5) is 18.6. The summed E-state index contributed by atoms with van der Waals surface area (Å²) in [6.45, 7) is 0. The highest BCUT2D eigenvalue weighted by Gasteiger charge is 2.58. The number of hydrogen-bond donors (Lipinski definition) is 1. The van der Waals surface area contributed by atoms with Crippen molar-refractivity contribution in [1.82, 2.24) is 4.98 Å². The Labute approximate surface area is 128 Å². The fraction of sp³-hybridized carbons (Fsp3) is 0.333. The molecule has 4 nitrogen and oxygen atoms in total. The smallest absolute Gasteiger partial charge is 0.237 e. The molecular weight excluding hydrogens is 339 g/mol. The monoisotopic (exact) mass is 350 g/mol. The second-order valence-electron chi connectivity index (χ2n) is 5.80. The van der Waals surface area contributed by atoms with Gasteiger partial charge in [-0.1, -0.05) is 0 Å². The van der Waals surface area contributed by atoms with Gasteiger partial charge in [-0.3, -0.25) is 4.79 Å². The molecular formula is C15H12BrFN2O2. The van der Waals surface area contributed by atoms with Crippen LogP contribution in [0, 0.1) is 5.82 Å². The lowest BCUT2D eigenvalue weighted by Gasteiger charge is -2.41. The van der Waals surface area contributed by atoms with Gasteiger partial charge in [-0.15, -0.1) is 0 Å². The van der Waals surface area contributed by atoms with Crippen molar-refractivity contribution in [2.75, 3.05) is 11.9 Å². The molecule has 0 bridgehead atoms. The number of aliphatic hydroxyl groups excluding tert-OH is 1. The van der Waals surface area contributed by atoms with E-state index in [1.165, 1.54) is 12.1 Å². The third-order valence-electron chi connectivity index (χ3n) is 4.58. The Morgan fingerprint density at radius 2 is 2.19 bits per heavy atom. The van der Waals surface area contributed by atoms with Crippen LogP contribution in [-0.2, 0) is 10.2 Å². The standard InChI is InChI=1S/C15H12BrFN2O2/c1-19-12-11(15(14(19)21)5-8(20)6-15)9-3-2-7(17)4-10(9)18-13(12)16/h2-4,8,20H,5-6H2,1H3. The molecule has 0 atom stereocenters. The molecule has 1 N–H and O–H groups in total. The second-order valence-corrected chi connectivity index (χ2v) is 6.55. The Hall–Kier alpha value is -1.53. The minimum absolute atomic E-state index is 0.0258. The minimum Gasteiger partial charge on any atom is -0.393 e. The number of aromatic nitrogens is 1. The van der Waals surface area contributed by atoms with E-state index in [9.17, 15) is 14.3 Å². The van der Waals surface area contributed by atoms with Crippen LogP contribution in [0.5, 0.6) is 0 Å². The number of likely N-dealkylation sites (N-methyl/N-ethyl adjacent to an activating group) is 1. The van der Waals surface area contributed by atoms with Crippen LogP contribution in [0.4, 0.5) is 10.1 Å². The number of hydrogen-bond acceptors (Lipinski definition) is 3. The van der Waals surface area contributed by atoms with E-state index >= 15 is 0 Å². The zero-order valence-electron chi connectivity index (χ0n) is 11.2. The quantitative estimate of drug-likeness (QED) is 0.742. The zero-order valence-corrected chi connectivity index (χ0v) is 12.8. The molecule has 1 spiro atoms. The molecule has 21 heavy (non-hydrogen) atoms. The van der Waals surface area contributed by atoms with Crippen molar-refractivity contribution >= 4 is 38.4 Å². The number of fused-ring (bicyclic) bond motifs is 4. The van der Waals surface area contributed by atoms with Gasteiger partial charge in [0.2, 0.25) is 5.91 Å². The maximum Gasteiger partial charge on any atom is 0.237 e. The van der Waals surface area contributed by atoms with E-state index in [1.807, 2.05) is 0 Å². The van der Waals surface area contributed by atoms with E-state index in [2.05, 4.69) is 20.9 Å². The summed E-state index contributed by atoms with van der Waals surface area (Å²) in [5.74, 6) is -0.385. The van der Waals surface area contributed by atoms with Crippen LogP contribution in [0.25, 0.3) is 10.9 Å². The van der Waals surface area contributed by atoms with Crippen LogP contribution < -0.4 is 4.90 Å². The number of pyridine rings is 1. The van der Waals surface area contributed by atoms with E-state index in [0.29, 0.717) is 23.0 Å². The van der Waals surface area contributed by atoms with Crippen LogP contribution in [0.15, 0.2) is 22.8 Å². The van der Waals surface area contributed by atoms with Gasteiger partial charge in [0.05, 0.1) is 22.7 Å². The lowest BCUT2D eigenvalue weighted by atomic mass is 9.62. The lowest BCUT2D eigenvalue weighted by molar-refractivity contribution is -0.130. The van der Waals surface area contributed by atoms with Gasteiger partial charge < -0.3 is 10.0 Å². The molecule has 6 heteroatoms. The van der Waals surface area contributed by atoms with Gasteiger partial charge in [-0.2, -0.15) is 0 Å². The molecule has 1 aromatic carbocycles. The number of aliphatic hydroxyl groups is 1. The largest absolute Gasteiger partial charge is 0.393 e. The van der Waals surface area contributed by atoms with Gasteiger partial charge in [-0.25, -0.2) is 9.37 Å². The first-order valence-corrected chi connectivity index (χ1v) is 7.49. The summed E-state index contributed by atoms with van der Waals surface area (Å²) in [6.07, 6.45) is 0.355. The maximum atomic E-state index is 13.5. The van der Waals surface area contributed by atoms with Crippen molar-refractivity contribution in [2.45, 2.75) is 24.4 Å². The number of amides is 1. The molecule has 1 fully saturated rings. The number of rotatable bonds is 0. The predicted molar refractivity (Wildman–Crippen MR) is 79.7 cm³/mol. The average molecular weight is 351 g/mol. The third-order valence-corrected chi connectivity index (χ3v) is 5.13. The number of benzene rings is 1. The topological polar surface area (TPSA) is 53.4 Å². The lowest BCUT2D eigenvalue weighted by Crippen LogP contribution is -2.51. The average Bonchev–Trinajstić information content (AvgIpc) is 2.61. The zero-order chi connectivity index (χ0) is 14.9. The molecule has 1 aliphatic heterocycles. The number of carbonyl (C=O) groups excluding carboxylic acids is 1. The van der Waals surface area contributed by atoms with Crippen LogP contribution in [0.3, 0.4) is 0 Å². The minimum atomic E-state index is -0.689. The van der Waals surface area contributed by atoms with Crippen molar-refractivity contribution in [3.8, 4) is 0 Å². The molecule has 1 aromatic heterocycles. The summed E-state index contributed by atoms with van der Waals surface area (Å²) in [5, 5.41) is 10.5. The Kier molecular flexibility index (Phi) is 2.52. The maximum absolute atomic E-state index is 13.5. The fourth-order valence-electron chi connectivity index (χ4n) is 3.64. The predicted octanol–water partition coefficient (Wildman–Crippen LogP) is 2.51. The van der Waals surface area contributed by atoms with E-state index < -0.39 is 11.5 Å². The number of anilines is 1. The molecule has 2 aromatic rings. The molecule has 2 aliphatic rings. The summed E-state index contributed by atoms with van der Waals surface area (Å²) < 4.78 is 14.0. The van der Waals surface area contributed by atoms with E-state index in [-0.39, 0.29) is 11.7 Å². The van der Waals surface area contributed by atoms with Crippen molar-refractivity contribution in [3.05, 3.63) is 34.2 Å². The van der Waals surface area contributed by atoms with E-state index in [4.69, 9.17) is 0 Å². The summed E-state index contributed by atoms with van der Waals surface area (Å²) in [5.41, 5.74) is 1.41. The number of nitrogens with zero attached hydrogens (tertiary/aromatic N) is 2. The molecule has 2 heterocycles. The fourth-order valence-corrected chi connectivity index (χ4v) is 4.30. The third kappa shape index (κ3) is 1.52. The molecule has 1 saturated carbocycles. The SMILES string of the molecule is CN1C(=O)C2(CC(O)C2)c2c1c(Br)nc1cc(F)ccc21. The summed E-state index contributed by atoms with van der Waals surface area (Å²) >= 11 is 3.39. The van der Waals surface area contributed by atoms with Gasteiger partial charge in [0.15, 0.2) is 0 Å². The molecule has 0 radical (unpaired) electrons. The summed E-state index contributed by atoms with van der Waals surface area (Å²) in [7, 11) is 1.71. The molecule has 108 valence electrons. The van der Waals surface area contributed by atoms with Gasteiger partial charge in [0.25, 0.3) is 0 Å². The first-order valence-electron chi connectivity index (χ1n) is 6.69. The highest BCUT2D eigenvalue weighted by Crippen LogP contribution is 2.56. The van der Waals surface area contributed by atoms with Crippen molar-refractivity contribution in [3.63, 3.8) is 0 Å². The molecule has 4 rings (SSSR count). The first kappa shape index (κ1) is 13.2. The van der Waals surface area contributed by atoms with Crippen LogP contribution in [-0.4, -0.2) is 29.1 Å². The van der Waals surface area contributed by atoms with Gasteiger partial charge in [0, 0.05) is 24.1 Å². The van der Waals surface area contributed by atoms with Crippen molar-refractivity contribution in [1.29, 1.82) is 0 Å². The Morgan fingerprint density at radius 1 is 1.48 bits per heavy atom. The molecule has 1 amide bonds. The van der Waals surface area contributed by atoms with Crippen LogP contribution in [0.2, 0.25) is 0 Å².